The third kappa shape index (κ3) is 3.91. The second kappa shape index (κ2) is 5.88. The second-order valence-corrected chi connectivity index (χ2v) is 6.78. The van der Waals surface area contributed by atoms with Gasteiger partial charge in [-0.1, -0.05) is 31.3 Å². The highest BCUT2D eigenvalue weighted by Crippen LogP contribution is 2.28. The normalized spacial score (nSPS) is 12.0. The number of ether oxygens (including phenoxy) is 1. The van der Waals surface area contributed by atoms with E-state index in [1.54, 1.807) is 18.4 Å². The Balaban J connectivity index is 2.01. The molecule has 0 aliphatic carbocycles. The fourth-order valence-electron chi connectivity index (χ4n) is 1.89. The van der Waals surface area contributed by atoms with Crippen LogP contribution < -0.4 is 5.32 Å². The lowest BCUT2D eigenvalue weighted by Crippen LogP contribution is -2.24. The van der Waals surface area contributed by atoms with Crippen LogP contribution in [0.5, 0.6) is 0 Å². The summed E-state index contributed by atoms with van der Waals surface area (Å²) in [5, 5.41) is 4.46. The van der Waals surface area contributed by atoms with Crippen molar-refractivity contribution < 1.29 is 4.74 Å². The minimum Gasteiger partial charge on any atom is -0.385 e. The summed E-state index contributed by atoms with van der Waals surface area (Å²) in [4.78, 5) is 4.63. The summed E-state index contributed by atoms with van der Waals surface area (Å²) in [6.07, 6.45) is 1.04. The molecular weight excluding hydrogens is 256 g/mol. The SMILES string of the molecule is COCCC(C)(C)CNc1nc2cc(C)ccc2s1. The zero-order valence-electron chi connectivity index (χ0n) is 12.1. The largest absolute Gasteiger partial charge is 0.385 e. The van der Waals surface area contributed by atoms with Crippen LogP contribution in [-0.2, 0) is 4.74 Å². The Labute approximate surface area is 119 Å². The first-order valence-corrected chi connectivity index (χ1v) is 7.42. The minimum absolute atomic E-state index is 0.212. The molecule has 104 valence electrons. The van der Waals surface area contributed by atoms with Crippen molar-refractivity contribution in [2.45, 2.75) is 27.2 Å². The van der Waals surface area contributed by atoms with Gasteiger partial charge in [0.05, 0.1) is 10.2 Å². The molecule has 0 spiro atoms. The van der Waals surface area contributed by atoms with Crippen molar-refractivity contribution in [2.75, 3.05) is 25.6 Å². The van der Waals surface area contributed by atoms with Crippen LogP contribution in [0.15, 0.2) is 18.2 Å². The van der Waals surface area contributed by atoms with Gasteiger partial charge in [0, 0.05) is 20.3 Å². The number of anilines is 1. The Hall–Kier alpha value is -1.13. The summed E-state index contributed by atoms with van der Waals surface area (Å²) < 4.78 is 6.39. The van der Waals surface area contributed by atoms with E-state index in [1.807, 2.05) is 0 Å². The number of aryl methyl sites for hydroxylation is 1. The zero-order valence-corrected chi connectivity index (χ0v) is 12.9. The molecule has 4 heteroatoms. The summed E-state index contributed by atoms with van der Waals surface area (Å²) in [6.45, 7) is 8.30. The highest BCUT2D eigenvalue weighted by molar-refractivity contribution is 7.22. The van der Waals surface area contributed by atoms with Crippen molar-refractivity contribution >= 4 is 26.7 Å². The van der Waals surface area contributed by atoms with Crippen LogP contribution in [-0.4, -0.2) is 25.2 Å². The predicted octanol–water partition coefficient (Wildman–Crippen LogP) is 4.08. The van der Waals surface area contributed by atoms with Crippen LogP contribution in [0.1, 0.15) is 25.8 Å². The van der Waals surface area contributed by atoms with Gasteiger partial charge in [-0.15, -0.1) is 0 Å². The summed E-state index contributed by atoms with van der Waals surface area (Å²) in [6, 6.07) is 6.41. The number of rotatable bonds is 6. The van der Waals surface area contributed by atoms with Crippen molar-refractivity contribution in [3.8, 4) is 0 Å². The molecule has 1 N–H and O–H groups in total. The number of thiazole rings is 1. The summed E-state index contributed by atoms with van der Waals surface area (Å²) in [5.74, 6) is 0. The van der Waals surface area contributed by atoms with Gasteiger partial charge in [-0.2, -0.15) is 0 Å². The van der Waals surface area contributed by atoms with Crippen LogP contribution in [0, 0.1) is 12.3 Å². The first-order chi connectivity index (χ1) is 9.00. The number of hydrogen-bond acceptors (Lipinski definition) is 4. The van der Waals surface area contributed by atoms with Crippen molar-refractivity contribution in [2.24, 2.45) is 5.41 Å². The monoisotopic (exact) mass is 278 g/mol. The van der Waals surface area contributed by atoms with Gasteiger partial charge in [0.25, 0.3) is 0 Å². The fourth-order valence-corrected chi connectivity index (χ4v) is 2.74. The number of methoxy groups -OCH3 is 1. The molecule has 1 aromatic heterocycles. The van der Waals surface area contributed by atoms with Gasteiger partial charge >= 0.3 is 0 Å². The van der Waals surface area contributed by atoms with Gasteiger partial charge in [-0.05, 0) is 36.5 Å². The molecule has 1 aromatic carbocycles. The lowest BCUT2D eigenvalue weighted by atomic mass is 9.90. The molecule has 3 nitrogen and oxygen atoms in total. The van der Waals surface area contributed by atoms with Gasteiger partial charge in [-0.3, -0.25) is 0 Å². The third-order valence-electron chi connectivity index (χ3n) is 3.24. The number of fused-ring (bicyclic) bond motifs is 1. The van der Waals surface area contributed by atoms with E-state index in [0.29, 0.717) is 0 Å². The van der Waals surface area contributed by atoms with Crippen molar-refractivity contribution in [3.63, 3.8) is 0 Å². The Bertz CT molecular complexity index is 548. The van der Waals surface area contributed by atoms with Gasteiger partial charge in [0.1, 0.15) is 0 Å². The predicted molar refractivity (Wildman–Crippen MR) is 83.1 cm³/mol. The minimum atomic E-state index is 0.212. The van der Waals surface area contributed by atoms with E-state index in [-0.39, 0.29) is 5.41 Å². The molecule has 0 saturated carbocycles. The van der Waals surface area contributed by atoms with Gasteiger partial charge < -0.3 is 10.1 Å². The van der Waals surface area contributed by atoms with Crippen molar-refractivity contribution in [1.29, 1.82) is 0 Å². The lowest BCUT2D eigenvalue weighted by molar-refractivity contribution is 0.157. The van der Waals surface area contributed by atoms with E-state index in [1.165, 1.54) is 10.3 Å². The van der Waals surface area contributed by atoms with Crippen molar-refractivity contribution in [1.82, 2.24) is 4.98 Å². The average Bonchev–Trinajstić information content (AvgIpc) is 2.76. The highest BCUT2D eigenvalue weighted by Gasteiger charge is 2.18. The Kier molecular flexibility index (Phi) is 4.42. The molecule has 0 atom stereocenters. The molecule has 0 aliphatic rings. The molecular formula is C15H22N2OS. The number of nitrogens with zero attached hydrogens (tertiary/aromatic N) is 1. The number of nitrogens with one attached hydrogen (secondary N) is 1. The summed E-state index contributed by atoms with van der Waals surface area (Å²) in [7, 11) is 1.75. The van der Waals surface area contributed by atoms with Gasteiger partial charge in [0.15, 0.2) is 5.13 Å². The first-order valence-electron chi connectivity index (χ1n) is 6.60. The fraction of sp³-hybridized carbons (Fsp3) is 0.533. The standard InChI is InChI=1S/C15H22N2OS/c1-11-5-6-13-12(9-11)17-14(19-13)16-10-15(2,3)7-8-18-4/h5-6,9H,7-8,10H2,1-4H3,(H,16,17). The smallest absolute Gasteiger partial charge is 0.183 e. The van der Waals surface area contributed by atoms with Crippen molar-refractivity contribution in [3.05, 3.63) is 23.8 Å². The highest BCUT2D eigenvalue weighted by atomic mass is 32.1. The Morgan fingerprint density at radius 1 is 1.37 bits per heavy atom. The van der Waals surface area contributed by atoms with E-state index in [4.69, 9.17) is 4.74 Å². The molecule has 0 bridgehead atoms. The molecule has 1 heterocycles. The number of benzene rings is 1. The maximum Gasteiger partial charge on any atom is 0.183 e. The topological polar surface area (TPSA) is 34.1 Å². The third-order valence-corrected chi connectivity index (χ3v) is 4.24. The molecule has 0 fully saturated rings. The van der Waals surface area contributed by atoms with E-state index in [2.05, 4.69) is 49.3 Å². The van der Waals surface area contributed by atoms with E-state index in [9.17, 15) is 0 Å². The molecule has 0 radical (unpaired) electrons. The number of aromatic nitrogens is 1. The van der Waals surface area contributed by atoms with Crippen LogP contribution in [0.3, 0.4) is 0 Å². The second-order valence-electron chi connectivity index (χ2n) is 5.75. The molecule has 0 unspecified atom stereocenters. The van der Waals surface area contributed by atoms with E-state index in [0.717, 1.165) is 30.2 Å². The molecule has 0 aliphatic heterocycles. The average molecular weight is 278 g/mol. The Morgan fingerprint density at radius 3 is 2.89 bits per heavy atom. The van der Waals surface area contributed by atoms with Crippen LogP contribution in [0.25, 0.3) is 10.2 Å². The Morgan fingerprint density at radius 2 is 2.16 bits per heavy atom. The first kappa shape index (κ1) is 14.3. The summed E-state index contributed by atoms with van der Waals surface area (Å²) in [5.41, 5.74) is 2.55. The molecule has 2 aromatic rings. The molecule has 2 rings (SSSR count). The quantitative estimate of drug-likeness (QED) is 0.864. The zero-order chi connectivity index (χ0) is 13.9. The van der Waals surface area contributed by atoms with Crippen LogP contribution in [0.2, 0.25) is 0 Å². The maximum atomic E-state index is 5.15. The van der Waals surface area contributed by atoms with Gasteiger partial charge in [-0.25, -0.2) is 4.98 Å². The van der Waals surface area contributed by atoms with E-state index >= 15 is 0 Å². The van der Waals surface area contributed by atoms with Crippen LogP contribution >= 0.6 is 11.3 Å². The molecule has 19 heavy (non-hydrogen) atoms. The summed E-state index contributed by atoms with van der Waals surface area (Å²) >= 11 is 1.72. The van der Waals surface area contributed by atoms with Crippen LogP contribution in [0.4, 0.5) is 5.13 Å². The molecule has 0 amide bonds. The lowest BCUT2D eigenvalue weighted by Gasteiger charge is -2.24. The maximum absolute atomic E-state index is 5.15. The molecule has 0 saturated heterocycles. The number of hydrogen-bond donors (Lipinski definition) is 1. The van der Waals surface area contributed by atoms with E-state index < -0.39 is 0 Å². The van der Waals surface area contributed by atoms with Gasteiger partial charge in [0.2, 0.25) is 0 Å².